The van der Waals surface area contributed by atoms with Gasteiger partial charge < -0.3 is 20.1 Å². The lowest BCUT2D eigenvalue weighted by molar-refractivity contribution is -0.127. The van der Waals surface area contributed by atoms with Crippen LogP contribution in [-0.2, 0) is 29.1 Å². The third-order valence-electron chi connectivity index (χ3n) is 4.47. The van der Waals surface area contributed by atoms with Crippen molar-refractivity contribution in [2.45, 2.75) is 32.6 Å². The second kappa shape index (κ2) is 8.29. The van der Waals surface area contributed by atoms with E-state index in [0.717, 1.165) is 23.4 Å². The maximum absolute atomic E-state index is 14.6. The number of benzene rings is 2. The van der Waals surface area contributed by atoms with Gasteiger partial charge >= 0.3 is 0 Å². The van der Waals surface area contributed by atoms with Gasteiger partial charge in [-0.2, -0.15) is 0 Å². The Hall–Kier alpha value is -2.44. The summed E-state index contributed by atoms with van der Waals surface area (Å²) in [7, 11) is 1.60. The maximum atomic E-state index is 14.6. The fraction of sp³-hybridized carbons (Fsp3) is 0.350. The molecule has 0 aliphatic carbocycles. The van der Waals surface area contributed by atoms with Crippen molar-refractivity contribution in [2.24, 2.45) is 0 Å². The molecule has 1 unspecified atom stereocenters. The van der Waals surface area contributed by atoms with E-state index in [2.05, 4.69) is 10.6 Å². The summed E-state index contributed by atoms with van der Waals surface area (Å²) in [6, 6.07) is 10.9. The summed E-state index contributed by atoms with van der Waals surface area (Å²) in [6.07, 6.45) is -0.0921. The fourth-order valence-corrected chi connectivity index (χ4v) is 2.92. The molecule has 1 atom stereocenters. The van der Waals surface area contributed by atoms with Crippen molar-refractivity contribution in [3.8, 4) is 5.75 Å². The number of nitrogens with one attached hydrogen (secondary N) is 2. The van der Waals surface area contributed by atoms with Gasteiger partial charge in [-0.05, 0) is 54.8 Å². The van der Waals surface area contributed by atoms with E-state index in [-0.39, 0.29) is 24.0 Å². The number of amides is 1. The predicted molar refractivity (Wildman–Crippen MR) is 97.7 cm³/mol. The number of rotatable bonds is 6. The second-order valence-corrected chi connectivity index (χ2v) is 6.29. The van der Waals surface area contributed by atoms with Crippen molar-refractivity contribution in [1.82, 2.24) is 5.32 Å². The number of hydrogen-bond donors (Lipinski definition) is 2. The Labute approximate surface area is 152 Å². The van der Waals surface area contributed by atoms with Crippen LogP contribution in [0.4, 0.5) is 10.1 Å². The van der Waals surface area contributed by atoms with Gasteiger partial charge in [-0.15, -0.1) is 0 Å². The molecular weight excluding hydrogens is 335 g/mol. The van der Waals surface area contributed by atoms with E-state index < -0.39 is 6.10 Å². The fourth-order valence-electron chi connectivity index (χ4n) is 2.92. The van der Waals surface area contributed by atoms with Crippen LogP contribution in [0.3, 0.4) is 0 Å². The summed E-state index contributed by atoms with van der Waals surface area (Å²) in [5.41, 5.74) is 2.71. The molecule has 5 nitrogen and oxygen atoms in total. The van der Waals surface area contributed by atoms with Crippen LogP contribution in [0.15, 0.2) is 36.4 Å². The molecule has 1 aliphatic rings. The normalized spacial score (nSPS) is 14.4. The smallest absolute Gasteiger partial charge is 0.253 e. The number of fused-ring (bicyclic) bond motifs is 1. The van der Waals surface area contributed by atoms with Crippen molar-refractivity contribution in [2.75, 3.05) is 19.0 Å². The van der Waals surface area contributed by atoms with E-state index in [1.54, 1.807) is 20.1 Å². The van der Waals surface area contributed by atoms with Crippen LogP contribution in [0.2, 0.25) is 0 Å². The number of carbonyl (C=O) groups excluding carboxylic acids is 1. The Morgan fingerprint density at radius 2 is 2.19 bits per heavy atom. The largest absolute Gasteiger partial charge is 0.497 e. The van der Waals surface area contributed by atoms with E-state index in [4.69, 9.17) is 9.47 Å². The van der Waals surface area contributed by atoms with Gasteiger partial charge in [-0.25, -0.2) is 4.39 Å². The number of ether oxygens (including phenoxy) is 2. The molecule has 0 saturated carbocycles. The zero-order valence-corrected chi connectivity index (χ0v) is 15.0. The highest BCUT2D eigenvalue weighted by Gasteiger charge is 2.20. The molecule has 1 amide bonds. The van der Waals surface area contributed by atoms with E-state index in [1.807, 2.05) is 30.3 Å². The lowest BCUT2D eigenvalue weighted by atomic mass is 9.99. The molecule has 3 rings (SSSR count). The first kappa shape index (κ1) is 18.4. The van der Waals surface area contributed by atoms with Crippen molar-refractivity contribution in [1.29, 1.82) is 0 Å². The van der Waals surface area contributed by atoms with Crippen molar-refractivity contribution in [3.63, 3.8) is 0 Å². The summed E-state index contributed by atoms with van der Waals surface area (Å²) in [4.78, 5) is 12.3. The van der Waals surface area contributed by atoms with Crippen molar-refractivity contribution >= 4 is 11.6 Å². The predicted octanol–water partition coefficient (Wildman–Crippen LogP) is 3.02. The molecule has 138 valence electrons. The molecule has 0 radical (unpaired) electrons. The summed E-state index contributed by atoms with van der Waals surface area (Å²) in [6.45, 7) is 3.31. The minimum absolute atomic E-state index is 0.201. The molecule has 1 aliphatic heterocycles. The minimum Gasteiger partial charge on any atom is -0.497 e. The van der Waals surface area contributed by atoms with E-state index in [1.165, 1.54) is 0 Å². The zero-order chi connectivity index (χ0) is 18.5. The quantitative estimate of drug-likeness (QED) is 0.833. The van der Waals surface area contributed by atoms with Gasteiger partial charge in [0, 0.05) is 6.54 Å². The van der Waals surface area contributed by atoms with Crippen molar-refractivity contribution < 1.29 is 18.7 Å². The van der Waals surface area contributed by atoms with Gasteiger partial charge in [-0.1, -0.05) is 18.2 Å². The molecule has 0 spiro atoms. The highest BCUT2D eigenvalue weighted by molar-refractivity contribution is 5.94. The van der Waals surface area contributed by atoms with Gasteiger partial charge in [0.2, 0.25) is 0 Å². The Balaban J connectivity index is 1.60. The Morgan fingerprint density at radius 1 is 1.35 bits per heavy atom. The first-order valence-corrected chi connectivity index (χ1v) is 8.65. The third-order valence-corrected chi connectivity index (χ3v) is 4.47. The lowest BCUT2D eigenvalue weighted by Crippen LogP contribution is -2.29. The van der Waals surface area contributed by atoms with Crippen LogP contribution in [0.5, 0.6) is 5.75 Å². The molecule has 0 saturated heterocycles. The van der Waals surface area contributed by atoms with E-state index in [9.17, 15) is 9.18 Å². The van der Waals surface area contributed by atoms with Crippen molar-refractivity contribution in [3.05, 3.63) is 58.9 Å². The SMILES string of the molecule is COc1cccc(COC(C)C(=O)Nc2ccc3c(c2F)CCNC3)c1. The van der Waals surface area contributed by atoms with Crippen LogP contribution < -0.4 is 15.4 Å². The van der Waals surface area contributed by atoms with Crippen LogP contribution in [0.25, 0.3) is 0 Å². The first-order chi connectivity index (χ1) is 12.6. The number of hydrogen-bond acceptors (Lipinski definition) is 4. The third kappa shape index (κ3) is 4.20. The topological polar surface area (TPSA) is 59.6 Å². The number of carbonyl (C=O) groups is 1. The molecule has 2 aromatic rings. The molecule has 2 aromatic carbocycles. The van der Waals surface area contributed by atoms with Gasteiger partial charge in [0.15, 0.2) is 0 Å². The Bertz CT molecular complexity index is 795. The summed E-state index contributed by atoms with van der Waals surface area (Å²) >= 11 is 0. The van der Waals surface area contributed by atoms with Crippen LogP contribution >= 0.6 is 0 Å². The first-order valence-electron chi connectivity index (χ1n) is 8.65. The molecule has 26 heavy (non-hydrogen) atoms. The number of halogens is 1. The second-order valence-electron chi connectivity index (χ2n) is 6.29. The molecule has 0 fully saturated rings. The van der Waals surface area contributed by atoms with Crippen LogP contribution in [-0.4, -0.2) is 25.7 Å². The minimum atomic E-state index is -0.710. The van der Waals surface area contributed by atoms with Crippen LogP contribution in [0.1, 0.15) is 23.6 Å². The van der Waals surface area contributed by atoms with Crippen LogP contribution in [0, 0.1) is 5.82 Å². The average Bonchev–Trinajstić information content (AvgIpc) is 2.68. The zero-order valence-electron chi connectivity index (χ0n) is 15.0. The number of anilines is 1. The summed E-state index contributed by atoms with van der Waals surface area (Å²) < 4.78 is 25.4. The van der Waals surface area contributed by atoms with Gasteiger partial charge in [0.25, 0.3) is 5.91 Å². The molecule has 2 N–H and O–H groups in total. The van der Waals surface area contributed by atoms with E-state index in [0.29, 0.717) is 18.5 Å². The highest BCUT2D eigenvalue weighted by Crippen LogP contribution is 2.24. The lowest BCUT2D eigenvalue weighted by Gasteiger charge is -2.20. The standard InChI is InChI=1S/C20H23FN2O3/c1-13(26-12-14-4-3-5-16(10-14)25-2)20(24)23-18-7-6-15-11-22-9-8-17(15)19(18)21/h3-7,10,13,22H,8-9,11-12H2,1-2H3,(H,23,24). The summed E-state index contributed by atoms with van der Waals surface area (Å²) in [5.74, 6) is 0.00634. The summed E-state index contributed by atoms with van der Waals surface area (Å²) in [5, 5.41) is 5.84. The highest BCUT2D eigenvalue weighted by atomic mass is 19.1. The molecule has 1 heterocycles. The number of methoxy groups -OCH3 is 1. The Kier molecular flexibility index (Phi) is 5.85. The molecular formula is C20H23FN2O3. The van der Waals surface area contributed by atoms with Gasteiger partial charge in [-0.3, -0.25) is 4.79 Å². The Morgan fingerprint density at radius 3 is 3.00 bits per heavy atom. The molecule has 0 aromatic heterocycles. The van der Waals surface area contributed by atoms with E-state index >= 15 is 0 Å². The van der Waals surface area contributed by atoms with Gasteiger partial charge in [0.05, 0.1) is 19.4 Å². The monoisotopic (exact) mass is 358 g/mol. The average molecular weight is 358 g/mol. The molecule has 6 heteroatoms. The molecule has 0 bridgehead atoms. The van der Waals surface area contributed by atoms with Gasteiger partial charge in [0.1, 0.15) is 17.7 Å². The maximum Gasteiger partial charge on any atom is 0.253 e.